The van der Waals surface area contributed by atoms with E-state index < -0.39 is 0 Å². The molecule has 0 amide bonds. The van der Waals surface area contributed by atoms with E-state index >= 15 is 0 Å². The van der Waals surface area contributed by atoms with Gasteiger partial charge in [-0.3, -0.25) is 0 Å². The second kappa shape index (κ2) is 8.01. The summed E-state index contributed by atoms with van der Waals surface area (Å²) in [6.07, 6.45) is 3.11. The molecule has 0 radical (unpaired) electrons. The molecule has 1 aromatic rings. The number of hydrogen-bond acceptors (Lipinski definition) is 5. The minimum atomic E-state index is -0.224. The summed E-state index contributed by atoms with van der Waals surface area (Å²) in [7, 11) is 2.13. The number of carbonyl (C=O) groups excluding carboxylic acids is 1. The monoisotopic (exact) mass is 381 g/mol. The van der Waals surface area contributed by atoms with E-state index in [1.165, 1.54) is 10.4 Å². The van der Waals surface area contributed by atoms with Gasteiger partial charge in [0, 0.05) is 31.1 Å². The number of anilines is 1. The molecule has 5 nitrogen and oxygen atoms in total. The van der Waals surface area contributed by atoms with Crippen LogP contribution in [0.1, 0.15) is 41.1 Å². The van der Waals surface area contributed by atoms with E-state index in [0.29, 0.717) is 23.2 Å². The van der Waals surface area contributed by atoms with Crippen LogP contribution in [0.5, 0.6) is 0 Å². The van der Waals surface area contributed by atoms with Gasteiger partial charge in [-0.15, -0.1) is 11.3 Å². The SMILES string of the molecule is CCOC(=O)c1c(NC(=S)N2CCN(C)CC2)sc2c1CC[C@@H](C)C2. The summed E-state index contributed by atoms with van der Waals surface area (Å²) in [5.41, 5.74) is 1.88. The van der Waals surface area contributed by atoms with Gasteiger partial charge in [0.1, 0.15) is 5.00 Å². The molecule has 0 aromatic carbocycles. The first-order valence-corrected chi connectivity index (χ1v) is 10.3. The fourth-order valence-electron chi connectivity index (χ4n) is 3.44. The zero-order valence-electron chi connectivity index (χ0n) is 15.3. The van der Waals surface area contributed by atoms with Crippen molar-refractivity contribution in [2.45, 2.75) is 33.1 Å². The Morgan fingerprint density at radius 3 is 2.76 bits per heavy atom. The number of hydrogen-bond donors (Lipinski definition) is 1. The van der Waals surface area contributed by atoms with Gasteiger partial charge in [-0.25, -0.2) is 4.79 Å². The first kappa shape index (κ1) is 18.6. The highest BCUT2D eigenvalue weighted by molar-refractivity contribution is 7.80. The van der Waals surface area contributed by atoms with Gasteiger partial charge in [0.05, 0.1) is 12.2 Å². The molecule has 1 N–H and O–H groups in total. The van der Waals surface area contributed by atoms with Gasteiger partial charge in [0.15, 0.2) is 5.11 Å². The molecule has 7 heteroatoms. The molecule has 1 saturated heterocycles. The molecule has 3 rings (SSSR count). The third kappa shape index (κ3) is 4.15. The molecule has 0 unspecified atom stereocenters. The van der Waals surface area contributed by atoms with Crippen molar-refractivity contribution in [3.63, 3.8) is 0 Å². The predicted molar refractivity (Wildman–Crippen MR) is 107 cm³/mol. The molecule has 0 saturated carbocycles. The summed E-state index contributed by atoms with van der Waals surface area (Å²) >= 11 is 7.30. The van der Waals surface area contributed by atoms with Gasteiger partial charge in [-0.2, -0.15) is 0 Å². The predicted octanol–water partition coefficient (Wildman–Crippen LogP) is 2.99. The maximum atomic E-state index is 12.6. The van der Waals surface area contributed by atoms with Gasteiger partial charge in [-0.1, -0.05) is 6.92 Å². The van der Waals surface area contributed by atoms with Gasteiger partial charge in [0.25, 0.3) is 0 Å². The lowest BCUT2D eigenvalue weighted by atomic mass is 9.88. The van der Waals surface area contributed by atoms with Crippen LogP contribution in [-0.4, -0.2) is 60.7 Å². The summed E-state index contributed by atoms with van der Waals surface area (Å²) < 4.78 is 5.33. The third-order valence-corrected chi connectivity index (χ3v) is 6.53. The number of nitrogens with one attached hydrogen (secondary N) is 1. The van der Waals surface area contributed by atoms with E-state index in [1.54, 1.807) is 11.3 Å². The van der Waals surface area contributed by atoms with Crippen molar-refractivity contribution in [2.24, 2.45) is 5.92 Å². The molecule has 25 heavy (non-hydrogen) atoms. The van der Waals surface area contributed by atoms with Crippen LogP contribution in [0, 0.1) is 5.92 Å². The van der Waals surface area contributed by atoms with Crippen molar-refractivity contribution in [1.82, 2.24) is 9.80 Å². The summed E-state index contributed by atoms with van der Waals surface area (Å²) in [4.78, 5) is 18.4. The highest BCUT2D eigenvalue weighted by Crippen LogP contribution is 2.40. The fraction of sp³-hybridized carbons (Fsp3) is 0.667. The van der Waals surface area contributed by atoms with Crippen molar-refractivity contribution < 1.29 is 9.53 Å². The third-order valence-electron chi connectivity index (χ3n) is 5.00. The molecular weight excluding hydrogens is 354 g/mol. The summed E-state index contributed by atoms with van der Waals surface area (Å²) in [6, 6.07) is 0. The lowest BCUT2D eigenvalue weighted by molar-refractivity contribution is 0.0526. The Morgan fingerprint density at radius 1 is 1.36 bits per heavy atom. The van der Waals surface area contributed by atoms with Crippen LogP contribution >= 0.6 is 23.6 Å². The Balaban J connectivity index is 1.82. The standard InChI is InChI=1S/C18H27N3O2S2/c1-4-23-17(22)15-13-6-5-12(2)11-14(13)25-16(15)19-18(24)21-9-7-20(3)8-10-21/h12H,4-11H2,1-3H3,(H,19,24)/t12-/m1/s1. The van der Waals surface area contributed by atoms with E-state index in [2.05, 4.69) is 29.1 Å². The van der Waals surface area contributed by atoms with Crippen molar-refractivity contribution in [2.75, 3.05) is 45.2 Å². The van der Waals surface area contributed by atoms with Crippen LogP contribution in [0.25, 0.3) is 0 Å². The highest BCUT2D eigenvalue weighted by Gasteiger charge is 2.29. The number of thiocarbonyl (C=S) groups is 1. The Bertz CT molecular complexity index is 651. The Labute approximate surface area is 159 Å². The number of rotatable bonds is 3. The molecule has 1 aromatic heterocycles. The second-order valence-electron chi connectivity index (χ2n) is 7.00. The molecule has 1 atom stereocenters. The van der Waals surface area contributed by atoms with Crippen molar-refractivity contribution in [1.29, 1.82) is 0 Å². The van der Waals surface area contributed by atoms with Crippen molar-refractivity contribution >= 4 is 39.6 Å². The van der Waals surface area contributed by atoms with Crippen molar-refractivity contribution in [3.8, 4) is 0 Å². The lowest BCUT2D eigenvalue weighted by Crippen LogP contribution is -2.48. The number of carbonyl (C=O) groups is 1. The quantitative estimate of drug-likeness (QED) is 0.641. The lowest BCUT2D eigenvalue weighted by Gasteiger charge is -2.34. The van der Waals surface area contributed by atoms with Gasteiger partial charge >= 0.3 is 5.97 Å². The smallest absolute Gasteiger partial charge is 0.341 e. The maximum Gasteiger partial charge on any atom is 0.341 e. The number of likely N-dealkylation sites (N-methyl/N-ethyl adjacent to an activating group) is 1. The molecule has 2 heterocycles. The first-order valence-electron chi connectivity index (χ1n) is 9.05. The zero-order valence-corrected chi connectivity index (χ0v) is 16.9. The fourth-order valence-corrected chi connectivity index (χ4v) is 5.19. The molecular formula is C18H27N3O2S2. The molecule has 138 valence electrons. The van der Waals surface area contributed by atoms with Crippen LogP contribution in [0.15, 0.2) is 0 Å². The summed E-state index contributed by atoms with van der Waals surface area (Å²) in [5.74, 6) is 0.442. The minimum absolute atomic E-state index is 0.224. The van der Waals surface area contributed by atoms with E-state index in [0.717, 1.165) is 50.4 Å². The summed E-state index contributed by atoms with van der Waals surface area (Å²) in [6.45, 7) is 8.35. The molecule has 1 aliphatic carbocycles. The number of nitrogens with zero attached hydrogens (tertiary/aromatic N) is 2. The van der Waals surface area contributed by atoms with E-state index in [4.69, 9.17) is 17.0 Å². The van der Waals surface area contributed by atoms with E-state index in [1.807, 2.05) is 6.92 Å². The molecule has 1 aliphatic heterocycles. The highest BCUT2D eigenvalue weighted by atomic mass is 32.1. The molecule has 0 bridgehead atoms. The zero-order chi connectivity index (χ0) is 18.0. The van der Waals surface area contributed by atoms with Crippen LogP contribution in [-0.2, 0) is 17.6 Å². The largest absolute Gasteiger partial charge is 0.462 e. The van der Waals surface area contributed by atoms with Gasteiger partial charge < -0.3 is 19.9 Å². The number of fused-ring (bicyclic) bond motifs is 1. The van der Waals surface area contributed by atoms with E-state index in [9.17, 15) is 4.79 Å². The topological polar surface area (TPSA) is 44.8 Å². The Hall–Kier alpha value is -1.18. The van der Waals surface area contributed by atoms with Gasteiger partial charge in [-0.05, 0) is 56.9 Å². The van der Waals surface area contributed by atoms with Crippen LogP contribution in [0.3, 0.4) is 0 Å². The van der Waals surface area contributed by atoms with Crippen molar-refractivity contribution in [3.05, 3.63) is 16.0 Å². The first-order chi connectivity index (χ1) is 12.0. The summed E-state index contributed by atoms with van der Waals surface area (Å²) in [5, 5.41) is 4.94. The maximum absolute atomic E-state index is 12.6. The van der Waals surface area contributed by atoms with Crippen LogP contribution in [0.4, 0.5) is 5.00 Å². The number of esters is 1. The minimum Gasteiger partial charge on any atom is -0.462 e. The van der Waals surface area contributed by atoms with Gasteiger partial charge in [0.2, 0.25) is 0 Å². The Morgan fingerprint density at radius 2 is 2.08 bits per heavy atom. The number of thiophene rings is 1. The molecule has 1 fully saturated rings. The van der Waals surface area contributed by atoms with Crippen LogP contribution < -0.4 is 5.32 Å². The molecule has 2 aliphatic rings. The van der Waals surface area contributed by atoms with E-state index in [-0.39, 0.29) is 5.97 Å². The van der Waals surface area contributed by atoms with Crippen LogP contribution in [0.2, 0.25) is 0 Å². The normalized spacial score (nSPS) is 20.9. The Kier molecular flexibility index (Phi) is 5.96. The average molecular weight is 382 g/mol. The average Bonchev–Trinajstić information content (AvgIpc) is 2.92. The molecule has 0 spiro atoms. The number of piperazine rings is 1. The number of ether oxygens (including phenoxy) is 1. The second-order valence-corrected chi connectivity index (χ2v) is 8.49.